The molecule has 5 heteroatoms. The predicted molar refractivity (Wildman–Crippen MR) is 83.8 cm³/mol. The molecule has 0 radical (unpaired) electrons. The fourth-order valence-electron chi connectivity index (χ4n) is 1.92. The number of rotatable bonds is 5. The zero-order valence-electron chi connectivity index (χ0n) is 11.7. The fraction of sp³-hybridized carbons (Fsp3) is 0.188. The van der Waals surface area contributed by atoms with Gasteiger partial charge in [-0.1, -0.05) is 23.7 Å². The largest absolute Gasteiger partial charge is 0.350 e. The first-order chi connectivity index (χ1) is 10.1. The van der Waals surface area contributed by atoms with Gasteiger partial charge in [0.1, 0.15) is 0 Å². The number of benzene rings is 1. The van der Waals surface area contributed by atoms with Crippen molar-refractivity contribution in [3.63, 3.8) is 0 Å². The van der Waals surface area contributed by atoms with Crippen LogP contribution in [0.1, 0.15) is 18.2 Å². The van der Waals surface area contributed by atoms with E-state index in [1.165, 1.54) is 6.08 Å². The highest BCUT2D eigenvalue weighted by Gasteiger charge is 2.06. The Hall–Kier alpha value is -2.20. The Kier molecular flexibility index (Phi) is 5.46. The van der Waals surface area contributed by atoms with Gasteiger partial charge in [0.15, 0.2) is 0 Å². The van der Waals surface area contributed by atoms with Crippen molar-refractivity contribution in [3.05, 3.63) is 65.2 Å². The second-order valence-electron chi connectivity index (χ2n) is 4.71. The molecule has 0 fully saturated rings. The van der Waals surface area contributed by atoms with Crippen LogP contribution in [0.25, 0.3) is 6.08 Å². The molecule has 0 saturated heterocycles. The van der Waals surface area contributed by atoms with Crippen LogP contribution in [0.15, 0.2) is 48.9 Å². The Morgan fingerprint density at radius 3 is 3.00 bits per heavy atom. The predicted octanol–water partition coefficient (Wildman–Crippen LogP) is 2.89. The van der Waals surface area contributed by atoms with Crippen molar-refractivity contribution in [2.45, 2.75) is 19.4 Å². The molecule has 1 amide bonds. The minimum absolute atomic E-state index is 0.0162. The van der Waals surface area contributed by atoms with Crippen LogP contribution in [0, 0.1) is 0 Å². The summed E-state index contributed by atoms with van der Waals surface area (Å²) in [6, 6.07) is 7.64. The number of halogens is 1. The smallest absolute Gasteiger partial charge is 0.244 e. The van der Waals surface area contributed by atoms with E-state index in [1.54, 1.807) is 24.7 Å². The molecule has 1 aromatic heterocycles. The highest BCUT2D eigenvalue weighted by atomic mass is 35.5. The molecule has 21 heavy (non-hydrogen) atoms. The highest BCUT2D eigenvalue weighted by Crippen LogP contribution is 2.12. The Labute approximate surface area is 128 Å². The number of amides is 1. The van der Waals surface area contributed by atoms with E-state index in [-0.39, 0.29) is 11.9 Å². The number of carbonyl (C=O) groups excluding carboxylic acids is 1. The minimum atomic E-state index is -0.157. The number of hydrogen-bond acceptors (Lipinski definition) is 3. The molecule has 4 nitrogen and oxygen atoms in total. The number of nitrogens with zero attached hydrogens (tertiary/aromatic N) is 2. The van der Waals surface area contributed by atoms with Crippen LogP contribution in [-0.4, -0.2) is 21.9 Å². The summed E-state index contributed by atoms with van der Waals surface area (Å²) in [5.74, 6) is -0.157. The molecule has 0 aliphatic heterocycles. The third-order valence-electron chi connectivity index (χ3n) is 2.81. The van der Waals surface area contributed by atoms with Gasteiger partial charge in [0.05, 0.1) is 11.9 Å². The van der Waals surface area contributed by atoms with Crippen molar-refractivity contribution in [2.75, 3.05) is 0 Å². The van der Waals surface area contributed by atoms with E-state index in [1.807, 2.05) is 31.2 Å². The molecule has 108 valence electrons. The van der Waals surface area contributed by atoms with Crippen LogP contribution in [0.2, 0.25) is 5.02 Å². The van der Waals surface area contributed by atoms with Crippen molar-refractivity contribution in [2.24, 2.45) is 0 Å². The molecule has 0 aliphatic carbocycles. The number of hydrogen-bond donors (Lipinski definition) is 1. The fourth-order valence-corrected chi connectivity index (χ4v) is 2.13. The van der Waals surface area contributed by atoms with Gasteiger partial charge in [-0.3, -0.25) is 14.8 Å². The third kappa shape index (κ3) is 5.36. The zero-order valence-corrected chi connectivity index (χ0v) is 12.4. The summed E-state index contributed by atoms with van der Waals surface area (Å²) in [4.78, 5) is 19.8. The van der Waals surface area contributed by atoms with E-state index in [4.69, 9.17) is 11.6 Å². The topological polar surface area (TPSA) is 54.9 Å². The van der Waals surface area contributed by atoms with Gasteiger partial charge in [-0.15, -0.1) is 0 Å². The molecule has 0 unspecified atom stereocenters. The molecule has 0 spiro atoms. The summed E-state index contributed by atoms with van der Waals surface area (Å²) < 4.78 is 0. The van der Waals surface area contributed by atoms with E-state index in [0.717, 1.165) is 12.0 Å². The van der Waals surface area contributed by atoms with E-state index in [2.05, 4.69) is 15.3 Å². The quantitative estimate of drug-likeness (QED) is 0.864. The van der Waals surface area contributed by atoms with Gasteiger partial charge in [0, 0.05) is 29.5 Å². The molecule has 1 atom stereocenters. The maximum Gasteiger partial charge on any atom is 0.244 e. The normalized spacial score (nSPS) is 12.3. The molecule has 1 heterocycles. The van der Waals surface area contributed by atoms with Crippen LogP contribution in [0.5, 0.6) is 0 Å². The monoisotopic (exact) mass is 301 g/mol. The SMILES string of the molecule is C[C@H](Cc1cccc(Cl)c1)NC(=O)/C=C/c1cnccn1. The lowest BCUT2D eigenvalue weighted by molar-refractivity contribution is -0.117. The Balaban J connectivity index is 1.86. The molecular formula is C16H16ClN3O. The minimum Gasteiger partial charge on any atom is -0.350 e. The Morgan fingerprint density at radius 1 is 1.43 bits per heavy atom. The van der Waals surface area contributed by atoms with Crippen LogP contribution in [0.4, 0.5) is 0 Å². The summed E-state index contributed by atoms with van der Waals surface area (Å²) in [5, 5.41) is 3.60. The summed E-state index contributed by atoms with van der Waals surface area (Å²) in [7, 11) is 0. The molecule has 2 rings (SSSR count). The van der Waals surface area contributed by atoms with Crippen LogP contribution in [0.3, 0.4) is 0 Å². The average Bonchev–Trinajstić information content (AvgIpc) is 2.46. The van der Waals surface area contributed by atoms with Gasteiger partial charge in [0.25, 0.3) is 0 Å². The Bertz CT molecular complexity index is 628. The van der Waals surface area contributed by atoms with Gasteiger partial charge in [-0.2, -0.15) is 0 Å². The van der Waals surface area contributed by atoms with Crippen molar-refractivity contribution >= 4 is 23.6 Å². The first-order valence-corrected chi connectivity index (χ1v) is 7.00. The molecule has 1 aromatic carbocycles. The third-order valence-corrected chi connectivity index (χ3v) is 3.04. The number of aromatic nitrogens is 2. The second-order valence-corrected chi connectivity index (χ2v) is 5.14. The van der Waals surface area contributed by atoms with Gasteiger partial charge >= 0.3 is 0 Å². The second kappa shape index (κ2) is 7.55. The van der Waals surface area contributed by atoms with E-state index < -0.39 is 0 Å². The maximum atomic E-state index is 11.8. The highest BCUT2D eigenvalue weighted by molar-refractivity contribution is 6.30. The van der Waals surface area contributed by atoms with Crippen molar-refractivity contribution < 1.29 is 4.79 Å². The number of carbonyl (C=O) groups is 1. The summed E-state index contributed by atoms with van der Waals surface area (Å²) >= 11 is 5.94. The summed E-state index contributed by atoms with van der Waals surface area (Å²) in [5.41, 5.74) is 1.74. The maximum absolute atomic E-state index is 11.8. The van der Waals surface area contributed by atoms with Gasteiger partial charge in [-0.25, -0.2) is 0 Å². The molecule has 2 aromatic rings. The van der Waals surface area contributed by atoms with Crippen LogP contribution >= 0.6 is 11.6 Å². The summed E-state index contributed by atoms with van der Waals surface area (Å²) in [6.07, 6.45) is 8.58. The van der Waals surface area contributed by atoms with Crippen LogP contribution < -0.4 is 5.32 Å². The molecule has 0 saturated carbocycles. The molecule has 0 aliphatic rings. The van der Waals surface area contributed by atoms with Gasteiger partial charge in [0.2, 0.25) is 5.91 Å². The number of nitrogens with one attached hydrogen (secondary N) is 1. The van der Waals surface area contributed by atoms with E-state index in [0.29, 0.717) is 10.7 Å². The first kappa shape index (κ1) is 15.2. The lowest BCUT2D eigenvalue weighted by Crippen LogP contribution is -2.32. The van der Waals surface area contributed by atoms with E-state index in [9.17, 15) is 4.79 Å². The van der Waals surface area contributed by atoms with E-state index >= 15 is 0 Å². The average molecular weight is 302 g/mol. The molecule has 1 N–H and O–H groups in total. The Morgan fingerprint density at radius 2 is 2.29 bits per heavy atom. The zero-order chi connectivity index (χ0) is 15.1. The molecule has 0 bridgehead atoms. The lowest BCUT2D eigenvalue weighted by atomic mass is 10.1. The van der Waals surface area contributed by atoms with Gasteiger partial charge < -0.3 is 5.32 Å². The van der Waals surface area contributed by atoms with Gasteiger partial charge in [-0.05, 0) is 37.1 Å². The lowest BCUT2D eigenvalue weighted by Gasteiger charge is -2.12. The molecular weight excluding hydrogens is 286 g/mol. The van der Waals surface area contributed by atoms with Crippen molar-refractivity contribution in [3.8, 4) is 0 Å². The summed E-state index contributed by atoms with van der Waals surface area (Å²) in [6.45, 7) is 1.95. The van der Waals surface area contributed by atoms with Crippen molar-refractivity contribution in [1.82, 2.24) is 15.3 Å². The van der Waals surface area contributed by atoms with Crippen LogP contribution in [-0.2, 0) is 11.2 Å². The van der Waals surface area contributed by atoms with Crippen molar-refractivity contribution in [1.29, 1.82) is 0 Å². The first-order valence-electron chi connectivity index (χ1n) is 6.62. The standard InChI is InChI=1S/C16H16ClN3O/c1-12(9-13-3-2-4-14(17)10-13)20-16(21)6-5-15-11-18-7-8-19-15/h2-8,10-12H,9H2,1H3,(H,20,21)/b6-5+/t12-/m1/s1.